The van der Waals surface area contributed by atoms with Crippen molar-refractivity contribution >= 4 is 17.5 Å². The third kappa shape index (κ3) is 3.10. The number of epoxide rings is 1. The maximum Gasteiger partial charge on any atom is 0.270 e. The summed E-state index contributed by atoms with van der Waals surface area (Å²) in [5.41, 5.74) is 1.59. The number of nitrogens with zero attached hydrogens (tertiary/aromatic N) is 1. The van der Waals surface area contributed by atoms with Gasteiger partial charge in [0, 0.05) is 12.1 Å². The van der Waals surface area contributed by atoms with Crippen LogP contribution < -0.4 is 0 Å². The van der Waals surface area contributed by atoms with Crippen LogP contribution in [0.1, 0.15) is 17.2 Å². The molecule has 1 saturated heterocycles. The van der Waals surface area contributed by atoms with Crippen LogP contribution in [0.5, 0.6) is 0 Å². The van der Waals surface area contributed by atoms with E-state index in [2.05, 4.69) is 0 Å². The minimum Gasteiger partial charge on any atom is -0.356 e. The summed E-state index contributed by atoms with van der Waals surface area (Å²) in [4.78, 5) is 22.3. The summed E-state index contributed by atoms with van der Waals surface area (Å²) < 4.78 is 5.41. The number of hydrogen-bond acceptors (Lipinski definition) is 4. The van der Waals surface area contributed by atoms with Gasteiger partial charge in [0.05, 0.1) is 4.92 Å². The summed E-state index contributed by atoms with van der Waals surface area (Å²) in [6.07, 6.45) is 2.33. The highest BCUT2D eigenvalue weighted by molar-refractivity contribution is 5.99. The smallest absolute Gasteiger partial charge is 0.270 e. The van der Waals surface area contributed by atoms with Crippen molar-refractivity contribution in [3.05, 3.63) is 81.9 Å². The molecule has 0 aliphatic carbocycles. The van der Waals surface area contributed by atoms with E-state index in [4.69, 9.17) is 4.74 Å². The highest BCUT2D eigenvalue weighted by atomic mass is 16.6. The van der Waals surface area contributed by atoms with Gasteiger partial charge in [-0.15, -0.1) is 0 Å². The number of nitro benzene ring substituents is 1. The van der Waals surface area contributed by atoms with Crippen LogP contribution in [0.15, 0.2) is 60.7 Å². The summed E-state index contributed by atoms with van der Waals surface area (Å²) in [7, 11) is 0. The quantitative estimate of drug-likeness (QED) is 0.367. The standard InChI is InChI=1S/C17H13NO4/c19-15(17-16(22-17)13-6-2-1-3-7-13)10-9-12-5-4-8-14(11-12)18(20)21/h1-11,16-17H/b10-9+/t16-,17-/m1/s1. The molecule has 0 bridgehead atoms. The Morgan fingerprint density at radius 1 is 1.14 bits per heavy atom. The topological polar surface area (TPSA) is 72.7 Å². The van der Waals surface area contributed by atoms with Crippen molar-refractivity contribution in [1.82, 2.24) is 0 Å². The average Bonchev–Trinajstić information content (AvgIpc) is 3.34. The van der Waals surface area contributed by atoms with Crippen molar-refractivity contribution in [2.45, 2.75) is 12.2 Å². The van der Waals surface area contributed by atoms with Gasteiger partial charge in [-0.2, -0.15) is 0 Å². The van der Waals surface area contributed by atoms with E-state index in [1.54, 1.807) is 18.2 Å². The highest BCUT2D eigenvalue weighted by Gasteiger charge is 2.44. The Morgan fingerprint density at radius 2 is 1.91 bits per heavy atom. The zero-order valence-electron chi connectivity index (χ0n) is 11.6. The van der Waals surface area contributed by atoms with E-state index in [1.165, 1.54) is 18.2 Å². The third-order valence-corrected chi connectivity index (χ3v) is 3.42. The lowest BCUT2D eigenvalue weighted by molar-refractivity contribution is -0.384. The number of nitro groups is 1. The molecular weight excluding hydrogens is 282 g/mol. The summed E-state index contributed by atoms with van der Waals surface area (Å²) in [5, 5.41) is 10.7. The molecule has 2 aromatic carbocycles. The number of rotatable bonds is 5. The third-order valence-electron chi connectivity index (χ3n) is 3.42. The molecule has 5 nitrogen and oxygen atoms in total. The molecule has 22 heavy (non-hydrogen) atoms. The van der Waals surface area contributed by atoms with Crippen molar-refractivity contribution in [3.8, 4) is 0 Å². The van der Waals surface area contributed by atoms with Gasteiger partial charge in [-0.1, -0.05) is 48.5 Å². The van der Waals surface area contributed by atoms with Crippen LogP contribution in [0.4, 0.5) is 5.69 Å². The SMILES string of the molecule is O=C(/C=C/c1cccc([N+](=O)[O-])c1)[C@H]1O[C@@H]1c1ccccc1. The normalized spacial score (nSPS) is 20.0. The van der Waals surface area contributed by atoms with Crippen molar-refractivity contribution < 1.29 is 14.5 Å². The number of benzene rings is 2. The van der Waals surface area contributed by atoms with Crippen molar-refractivity contribution in [1.29, 1.82) is 0 Å². The molecule has 1 aliphatic rings. The summed E-state index contributed by atoms with van der Waals surface area (Å²) in [6.45, 7) is 0. The van der Waals surface area contributed by atoms with Crippen LogP contribution in [0, 0.1) is 10.1 Å². The molecule has 3 rings (SSSR count). The molecule has 2 aromatic rings. The van der Waals surface area contributed by atoms with E-state index < -0.39 is 11.0 Å². The Balaban J connectivity index is 1.66. The van der Waals surface area contributed by atoms with Gasteiger partial charge in [0.1, 0.15) is 6.10 Å². The molecule has 1 heterocycles. The van der Waals surface area contributed by atoms with Crippen molar-refractivity contribution in [3.63, 3.8) is 0 Å². The summed E-state index contributed by atoms with van der Waals surface area (Å²) in [6, 6.07) is 15.7. The minimum absolute atomic E-state index is 0.000525. The molecule has 0 spiro atoms. The first kappa shape index (κ1) is 14.2. The van der Waals surface area contributed by atoms with Crippen molar-refractivity contribution in [2.24, 2.45) is 0 Å². The van der Waals surface area contributed by atoms with Gasteiger partial charge in [-0.25, -0.2) is 0 Å². The fourth-order valence-electron chi connectivity index (χ4n) is 2.24. The van der Waals surface area contributed by atoms with Crippen LogP contribution in [0.2, 0.25) is 0 Å². The molecule has 0 amide bonds. The van der Waals surface area contributed by atoms with Crippen LogP contribution in [0.25, 0.3) is 6.08 Å². The van der Waals surface area contributed by atoms with E-state index in [0.29, 0.717) is 5.56 Å². The van der Waals surface area contributed by atoms with E-state index in [1.807, 2.05) is 30.3 Å². The van der Waals surface area contributed by atoms with Crippen LogP contribution >= 0.6 is 0 Å². The predicted molar refractivity (Wildman–Crippen MR) is 81.2 cm³/mol. The van der Waals surface area contributed by atoms with Gasteiger partial charge in [0.2, 0.25) is 0 Å². The van der Waals surface area contributed by atoms with E-state index in [9.17, 15) is 14.9 Å². The molecule has 0 saturated carbocycles. The summed E-state index contributed by atoms with van der Waals surface area (Å²) in [5.74, 6) is -0.139. The Morgan fingerprint density at radius 3 is 2.64 bits per heavy atom. The van der Waals surface area contributed by atoms with Gasteiger partial charge in [-0.05, 0) is 17.2 Å². The molecule has 5 heteroatoms. The molecule has 2 atom stereocenters. The number of non-ortho nitro benzene ring substituents is 1. The molecule has 0 N–H and O–H groups in total. The fraction of sp³-hybridized carbons (Fsp3) is 0.118. The van der Waals surface area contributed by atoms with E-state index in [0.717, 1.165) is 5.56 Å². The average molecular weight is 295 g/mol. The second-order valence-corrected chi connectivity index (χ2v) is 4.98. The lowest BCUT2D eigenvalue weighted by Gasteiger charge is -1.94. The van der Waals surface area contributed by atoms with E-state index >= 15 is 0 Å². The van der Waals surface area contributed by atoms with Gasteiger partial charge in [0.25, 0.3) is 5.69 Å². The molecule has 0 unspecified atom stereocenters. The van der Waals surface area contributed by atoms with Gasteiger partial charge in [-0.3, -0.25) is 14.9 Å². The molecule has 110 valence electrons. The largest absolute Gasteiger partial charge is 0.356 e. The zero-order valence-corrected chi connectivity index (χ0v) is 11.6. The first-order valence-electron chi connectivity index (χ1n) is 6.82. The molecule has 1 aliphatic heterocycles. The maximum absolute atomic E-state index is 12.0. The van der Waals surface area contributed by atoms with Gasteiger partial charge in [0.15, 0.2) is 11.9 Å². The fourth-order valence-corrected chi connectivity index (χ4v) is 2.24. The molecular formula is C17H13NO4. The lowest BCUT2D eigenvalue weighted by atomic mass is 10.1. The Hall–Kier alpha value is -2.79. The Bertz CT molecular complexity index is 739. The molecule has 1 fully saturated rings. The first-order chi connectivity index (χ1) is 10.6. The molecule has 0 aromatic heterocycles. The second-order valence-electron chi connectivity index (χ2n) is 4.98. The highest BCUT2D eigenvalue weighted by Crippen LogP contribution is 2.39. The monoisotopic (exact) mass is 295 g/mol. The van der Waals surface area contributed by atoms with Crippen LogP contribution in [0.3, 0.4) is 0 Å². The number of ketones is 1. The van der Waals surface area contributed by atoms with Crippen LogP contribution in [-0.2, 0) is 9.53 Å². The van der Waals surface area contributed by atoms with Gasteiger partial charge < -0.3 is 4.74 Å². The molecule has 0 radical (unpaired) electrons. The number of hydrogen-bond donors (Lipinski definition) is 0. The van der Waals surface area contributed by atoms with Crippen molar-refractivity contribution in [2.75, 3.05) is 0 Å². The summed E-state index contributed by atoms with van der Waals surface area (Å²) >= 11 is 0. The second kappa shape index (κ2) is 5.91. The number of carbonyl (C=O) groups excluding carboxylic acids is 1. The maximum atomic E-state index is 12.0. The first-order valence-corrected chi connectivity index (χ1v) is 6.82. The van der Waals surface area contributed by atoms with Crippen LogP contribution in [-0.4, -0.2) is 16.8 Å². The Labute approximate surface area is 127 Å². The predicted octanol–water partition coefficient (Wildman–Crippen LogP) is 3.32. The minimum atomic E-state index is -0.464. The van der Waals surface area contributed by atoms with Gasteiger partial charge >= 0.3 is 0 Å². The lowest BCUT2D eigenvalue weighted by Crippen LogP contribution is -2.03. The zero-order chi connectivity index (χ0) is 15.5. The van der Waals surface area contributed by atoms with E-state index in [-0.39, 0.29) is 17.6 Å². The Kier molecular flexibility index (Phi) is 3.80. The number of carbonyl (C=O) groups is 1. The number of ether oxygens (including phenoxy) is 1.